The van der Waals surface area contributed by atoms with Crippen LogP contribution in [0.5, 0.6) is 11.5 Å². The topological polar surface area (TPSA) is 125 Å². The quantitative estimate of drug-likeness (QED) is 0.0414. The van der Waals surface area contributed by atoms with Crippen LogP contribution >= 0.6 is 0 Å². The van der Waals surface area contributed by atoms with E-state index >= 15 is 0 Å². The second-order valence-electron chi connectivity index (χ2n) is 15.0. The predicted octanol–water partition coefficient (Wildman–Crippen LogP) is 10.3. The van der Waals surface area contributed by atoms with Crippen molar-refractivity contribution in [3.8, 4) is 11.5 Å². The van der Waals surface area contributed by atoms with E-state index in [1.807, 2.05) is 114 Å². The first kappa shape index (κ1) is 45.7. The van der Waals surface area contributed by atoms with Gasteiger partial charge in [0.15, 0.2) is 11.6 Å². The molecule has 0 saturated heterocycles. The van der Waals surface area contributed by atoms with Crippen molar-refractivity contribution in [3.05, 3.63) is 192 Å². The average molecular weight is 881 g/mol. The second-order valence-corrected chi connectivity index (χ2v) is 15.0. The number of hydrogen-bond acceptors (Lipinski definition) is 9. The molecule has 0 bridgehead atoms. The van der Waals surface area contributed by atoms with E-state index in [1.165, 1.54) is 24.3 Å². The molecule has 8 rings (SSSR count). The molecule has 6 aromatic carbocycles. The Morgan fingerprint density at radius 1 is 0.585 bits per heavy atom. The molecule has 8 aromatic rings. The number of nitrogens with one attached hydrogen (secondary N) is 2. The Balaban J connectivity index is 0.000000195. The molecule has 65 heavy (non-hydrogen) atoms. The molecule has 0 saturated carbocycles. The SMILES string of the molecule is COCOCCn1cc(C(=O)C(Nc2cccc(OC)c2)c2ccccc2)c2cc(F)ccc21.COc1cccc(NC(C(=O)c2cn(CCO)c3ccc(F)cc23)c2ccccc2)c1. The van der Waals surface area contributed by atoms with Crippen LogP contribution in [0.3, 0.4) is 0 Å². The largest absolute Gasteiger partial charge is 0.497 e. The van der Waals surface area contributed by atoms with Gasteiger partial charge < -0.3 is 43.8 Å². The number of aliphatic hydroxyl groups excluding tert-OH is 1. The summed E-state index contributed by atoms with van der Waals surface area (Å²) in [6.45, 7) is 1.30. The zero-order valence-electron chi connectivity index (χ0n) is 36.2. The molecule has 11 nitrogen and oxygen atoms in total. The Labute approximate surface area is 375 Å². The lowest BCUT2D eigenvalue weighted by Gasteiger charge is -2.19. The molecule has 0 spiro atoms. The number of halogens is 2. The minimum atomic E-state index is -0.690. The summed E-state index contributed by atoms with van der Waals surface area (Å²) in [7, 11) is 4.74. The smallest absolute Gasteiger partial charge is 0.191 e. The van der Waals surface area contributed by atoms with Crippen LogP contribution in [0, 0.1) is 11.6 Å². The lowest BCUT2D eigenvalue weighted by Crippen LogP contribution is -2.21. The molecule has 0 amide bonds. The number of hydrogen-bond donors (Lipinski definition) is 3. The van der Waals surface area contributed by atoms with Gasteiger partial charge in [-0.2, -0.15) is 0 Å². The first-order valence-electron chi connectivity index (χ1n) is 20.9. The number of Topliss-reactive ketones (excluding diaryl/α,β-unsaturated/α-hetero) is 2. The van der Waals surface area contributed by atoms with Crippen LogP contribution in [0.1, 0.15) is 43.9 Å². The summed E-state index contributed by atoms with van der Waals surface area (Å²) in [5.74, 6) is 0.180. The highest BCUT2D eigenvalue weighted by molar-refractivity contribution is 6.12. The molecular formula is C52H50F2N4O7. The van der Waals surface area contributed by atoms with Gasteiger partial charge in [-0.05, 0) is 71.8 Å². The number of ether oxygens (including phenoxy) is 4. The highest BCUT2D eigenvalue weighted by Gasteiger charge is 2.28. The number of aliphatic hydroxyl groups is 1. The third-order valence-corrected chi connectivity index (χ3v) is 10.8. The third-order valence-electron chi connectivity index (χ3n) is 10.8. The number of benzene rings is 6. The Morgan fingerprint density at radius 3 is 1.48 bits per heavy atom. The molecule has 0 aliphatic carbocycles. The van der Waals surface area contributed by atoms with Crippen LogP contribution in [0.25, 0.3) is 21.8 Å². The summed E-state index contributed by atoms with van der Waals surface area (Å²) in [6.07, 6.45) is 3.46. The van der Waals surface area contributed by atoms with Crippen molar-refractivity contribution < 1.29 is 42.4 Å². The number of carbonyl (C=O) groups excluding carboxylic acids is 2. The number of ketones is 2. The maximum atomic E-state index is 14.2. The van der Waals surface area contributed by atoms with E-state index in [0.717, 1.165) is 28.0 Å². The van der Waals surface area contributed by atoms with Crippen LogP contribution < -0.4 is 20.1 Å². The minimum Gasteiger partial charge on any atom is -0.497 e. The number of nitrogens with zero attached hydrogens (tertiary/aromatic N) is 2. The molecule has 13 heteroatoms. The van der Waals surface area contributed by atoms with Crippen molar-refractivity contribution in [2.24, 2.45) is 0 Å². The van der Waals surface area contributed by atoms with Gasteiger partial charge in [0, 0.05) is 89.0 Å². The van der Waals surface area contributed by atoms with Crippen molar-refractivity contribution >= 4 is 44.7 Å². The molecule has 3 N–H and O–H groups in total. The van der Waals surface area contributed by atoms with Gasteiger partial charge in [-0.3, -0.25) is 9.59 Å². The van der Waals surface area contributed by atoms with Gasteiger partial charge in [-0.25, -0.2) is 8.78 Å². The average Bonchev–Trinajstić information content (AvgIpc) is 3.88. The maximum Gasteiger partial charge on any atom is 0.191 e. The summed E-state index contributed by atoms with van der Waals surface area (Å²) in [6, 6.07) is 41.1. The lowest BCUT2D eigenvalue weighted by atomic mass is 9.96. The Bertz CT molecular complexity index is 2850. The molecule has 2 atom stereocenters. The number of rotatable bonds is 19. The van der Waals surface area contributed by atoms with Crippen molar-refractivity contribution in [2.45, 2.75) is 25.2 Å². The fourth-order valence-corrected chi connectivity index (χ4v) is 7.68. The lowest BCUT2D eigenvalue weighted by molar-refractivity contribution is -0.0327. The highest BCUT2D eigenvalue weighted by Crippen LogP contribution is 2.33. The minimum absolute atomic E-state index is 0.0844. The van der Waals surface area contributed by atoms with Gasteiger partial charge in [-0.1, -0.05) is 72.8 Å². The van der Waals surface area contributed by atoms with Gasteiger partial charge in [-0.15, -0.1) is 0 Å². The normalized spacial score (nSPS) is 12.0. The third kappa shape index (κ3) is 11.1. The Hall–Kier alpha value is -7.32. The van der Waals surface area contributed by atoms with Crippen LogP contribution in [0.15, 0.2) is 158 Å². The van der Waals surface area contributed by atoms with E-state index in [2.05, 4.69) is 10.6 Å². The van der Waals surface area contributed by atoms with Gasteiger partial charge in [0.25, 0.3) is 0 Å². The van der Waals surface area contributed by atoms with Crippen LogP contribution in [-0.2, 0) is 22.6 Å². The molecule has 0 aliphatic rings. The van der Waals surface area contributed by atoms with Crippen molar-refractivity contribution in [1.82, 2.24) is 9.13 Å². The molecule has 0 fully saturated rings. The van der Waals surface area contributed by atoms with Gasteiger partial charge in [0.1, 0.15) is 42.0 Å². The van der Waals surface area contributed by atoms with Gasteiger partial charge in [0.2, 0.25) is 0 Å². The van der Waals surface area contributed by atoms with Gasteiger partial charge in [0.05, 0.1) is 27.4 Å². The summed E-state index contributed by atoms with van der Waals surface area (Å²) in [5.41, 5.74) is 5.35. The zero-order chi connectivity index (χ0) is 45.7. The molecular weight excluding hydrogens is 831 g/mol. The van der Waals surface area contributed by atoms with Crippen molar-refractivity contribution in [1.29, 1.82) is 0 Å². The fraction of sp³-hybridized carbons (Fsp3) is 0.192. The Kier molecular flexibility index (Phi) is 15.4. The van der Waals surface area contributed by atoms with Crippen molar-refractivity contribution in [2.75, 3.05) is 52.0 Å². The first-order valence-corrected chi connectivity index (χ1v) is 20.9. The monoisotopic (exact) mass is 880 g/mol. The van der Waals surface area contributed by atoms with Crippen LogP contribution in [0.4, 0.5) is 20.2 Å². The molecule has 0 radical (unpaired) electrons. The number of anilines is 2. The van der Waals surface area contributed by atoms with Gasteiger partial charge >= 0.3 is 0 Å². The van der Waals surface area contributed by atoms with E-state index in [4.69, 9.17) is 18.9 Å². The standard InChI is InChI=1S/C27H27FN2O4.C25H23FN2O3/c1-32-18-34-14-13-30-17-24(23-15-20(28)11-12-25(23)30)27(31)26(19-7-4-3-5-8-19)29-21-9-6-10-22(16-21)33-2;1-31-20-9-5-8-19(15-20)27-24(17-6-3-2-4-7-17)25(30)22-16-28(12-13-29)23-11-10-18(26)14-21(22)23/h3-12,15-17,26,29H,13-14,18H2,1-2H3;2-11,14-16,24,27,29H,12-13H2,1H3. The fourth-order valence-electron chi connectivity index (χ4n) is 7.68. The van der Waals surface area contributed by atoms with Crippen LogP contribution in [-0.4, -0.2) is 67.1 Å². The van der Waals surface area contributed by atoms with E-state index < -0.39 is 23.7 Å². The first-order chi connectivity index (χ1) is 31.7. The summed E-state index contributed by atoms with van der Waals surface area (Å²) < 4.78 is 52.9. The number of fused-ring (bicyclic) bond motifs is 2. The summed E-state index contributed by atoms with van der Waals surface area (Å²) in [4.78, 5) is 27.7. The number of methoxy groups -OCH3 is 3. The van der Waals surface area contributed by atoms with E-state index in [1.54, 1.807) is 50.4 Å². The molecule has 2 heterocycles. The maximum absolute atomic E-state index is 14.2. The molecule has 334 valence electrons. The summed E-state index contributed by atoms with van der Waals surface area (Å²) in [5, 5.41) is 17.1. The number of aromatic nitrogens is 2. The van der Waals surface area contributed by atoms with E-state index in [-0.39, 0.29) is 25.0 Å². The van der Waals surface area contributed by atoms with Crippen molar-refractivity contribution in [3.63, 3.8) is 0 Å². The predicted molar refractivity (Wildman–Crippen MR) is 249 cm³/mol. The molecule has 0 aliphatic heterocycles. The zero-order valence-corrected chi connectivity index (χ0v) is 36.2. The summed E-state index contributed by atoms with van der Waals surface area (Å²) >= 11 is 0. The molecule has 2 aromatic heterocycles. The van der Waals surface area contributed by atoms with Crippen LogP contribution in [0.2, 0.25) is 0 Å². The Morgan fingerprint density at radius 2 is 1.05 bits per heavy atom. The van der Waals surface area contributed by atoms with E-state index in [0.29, 0.717) is 58.6 Å². The molecule has 2 unspecified atom stereocenters. The number of carbonyl (C=O) groups is 2. The van der Waals surface area contributed by atoms with E-state index in [9.17, 15) is 23.5 Å². The second kappa shape index (κ2) is 21.8. The highest BCUT2D eigenvalue weighted by atomic mass is 19.1.